The van der Waals surface area contributed by atoms with Crippen molar-refractivity contribution in [2.45, 2.75) is 19.6 Å². The van der Waals surface area contributed by atoms with Gasteiger partial charge in [0, 0.05) is 26.2 Å². The number of nitrogens with one attached hydrogen (secondary N) is 1. The normalized spacial score (nSPS) is 15.4. The molecule has 8 heteroatoms. The number of carbonyl (C=O) groups excluding carboxylic acids is 1. The number of nitrogens with zero attached hydrogens (tertiary/aromatic N) is 1. The minimum absolute atomic E-state index is 0.246. The lowest BCUT2D eigenvalue weighted by Crippen LogP contribution is -2.38. The van der Waals surface area contributed by atoms with E-state index in [0.29, 0.717) is 28.9 Å². The molecule has 0 radical (unpaired) electrons. The Labute approximate surface area is 187 Å². The van der Waals surface area contributed by atoms with Crippen LogP contribution >= 0.6 is 23.2 Å². The third-order valence-corrected chi connectivity index (χ3v) is 5.54. The number of halogens is 2. The third-order valence-electron chi connectivity index (χ3n) is 4.73. The summed E-state index contributed by atoms with van der Waals surface area (Å²) in [5, 5.41) is 3.54. The maximum absolute atomic E-state index is 12.4. The molecule has 2 aromatic carbocycles. The van der Waals surface area contributed by atoms with Gasteiger partial charge in [-0.25, -0.2) is 0 Å². The Morgan fingerprint density at radius 3 is 2.77 bits per heavy atom. The molecule has 1 saturated heterocycles. The summed E-state index contributed by atoms with van der Waals surface area (Å²) in [7, 11) is 0. The van der Waals surface area contributed by atoms with Crippen molar-refractivity contribution in [2.24, 2.45) is 0 Å². The van der Waals surface area contributed by atoms with Crippen molar-refractivity contribution in [2.75, 3.05) is 39.5 Å². The van der Waals surface area contributed by atoms with E-state index in [2.05, 4.69) is 10.2 Å². The van der Waals surface area contributed by atoms with Gasteiger partial charge in [0.05, 0.1) is 18.2 Å². The van der Waals surface area contributed by atoms with Gasteiger partial charge in [0.2, 0.25) is 0 Å². The average molecular weight is 453 g/mol. The lowest BCUT2D eigenvalue weighted by molar-refractivity contribution is -0.127. The number of morpholine rings is 1. The van der Waals surface area contributed by atoms with Crippen LogP contribution in [0.4, 0.5) is 0 Å². The topological polar surface area (TPSA) is 60.0 Å². The SMILES string of the molecule is CC(Oc1cccc(Cl)c1Cl)C(=O)NCc1cccc(OCCN2CCOCC2)c1. The second kappa shape index (κ2) is 11.4. The fourth-order valence-electron chi connectivity index (χ4n) is 3.01. The van der Waals surface area contributed by atoms with Gasteiger partial charge in [-0.3, -0.25) is 9.69 Å². The predicted molar refractivity (Wildman–Crippen MR) is 118 cm³/mol. The Morgan fingerprint density at radius 1 is 1.20 bits per heavy atom. The first-order chi connectivity index (χ1) is 14.5. The van der Waals surface area contributed by atoms with E-state index in [1.54, 1.807) is 25.1 Å². The molecule has 0 bridgehead atoms. The highest BCUT2D eigenvalue weighted by molar-refractivity contribution is 6.42. The van der Waals surface area contributed by atoms with Crippen molar-refractivity contribution in [1.82, 2.24) is 10.2 Å². The Morgan fingerprint density at radius 2 is 1.97 bits per heavy atom. The molecule has 0 spiro atoms. The average Bonchev–Trinajstić information content (AvgIpc) is 2.76. The minimum Gasteiger partial charge on any atom is -0.492 e. The predicted octanol–water partition coefficient (Wildman–Crippen LogP) is 3.79. The molecule has 1 N–H and O–H groups in total. The Kier molecular flexibility index (Phi) is 8.63. The van der Waals surface area contributed by atoms with Crippen LogP contribution in [0.2, 0.25) is 10.0 Å². The quantitative estimate of drug-likeness (QED) is 0.626. The summed E-state index contributed by atoms with van der Waals surface area (Å²) in [6.07, 6.45) is -0.714. The highest BCUT2D eigenvalue weighted by Crippen LogP contribution is 2.32. The van der Waals surface area contributed by atoms with Crippen LogP contribution in [0.5, 0.6) is 11.5 Å². The van der Waals surface area contributed by atoms with Crippen LogP contribution in [-0.2, 0) is 16.1 Å². The third kappa shape index (κ3) is 6.77. The van der Waals surface area contributed by atoms with Gasteiger partial charge in [-0.15, -0.1) is 0 Å². The summed E-state index contributed by atoms with van der Waals surface area (Å²) in [4.78, 5) is 14.7. The van der Waals surface area contributed by atoms with Crippen molar-refractivity contribution in [3.05, 3.63) is 58.1 Å². The largest absolute Gasteiger partial charge is 0.492 e. The van der Waals surface area contributed by atoms with Crippen LogP contribution in [0.3, 0.4) is 0 Å². The maximum atomic E-state index is 12.4. The summed E-state index contributed by atoms with van der Waals surface area (Å²) in [5.74, 6) is 0.914. The first-order valence-electron chi connectivity index (χ1n) is 9.93. The molecule has 30 heavy (non-hydrogen) atoms. The van der Waals surface area contributed by atoms with Crippen LogP contribution in [0.1, 0.15) is 12.5 Å². The molecule has 1 atom stereocenters. The number of hydrogen-bond acceptors (Lipinski definition) is 5. The molecule has 1 heterocycles. The van der Waals surface area contributed by atoms with Gasteiger partial charge >= 0.3 is 0 Å². The molecule has 0 aromatic heterocycles. The highest BCUT2D eigenvalue weighted by atomic mass is 35.5. The van der Waals surface area contributed by atoms with Gasteiger partial charge in [0.1, 0.15) is 23.1 Å². The molecule has 2 aromatic rings. The second-order valence-electron chi connectivity index (χ2n) is 6.98. The number of hydrogen-bond donors (Lipinski definition) is 1. The Balaban J connectivity index is 1.44. The molecule has 0 saturated carbocycles. The lowest BCUT2D eigenvalue weighted by atomic mass is 10.2. The van der Waals surface area contributed by atoms with Crippen LogP contribution in [0, 0.1) is 0 Å². The zero-order valence-corrected chi connectivity index (χ0v) is 18.4. The molecule has 1 aliphatic rings. The molecule has 1 aliphatic heterocycles. The van der Waals surface area contributed by atoms with E-state index in [1.807, 2.05) is 24.3 Å². The molecular formula is C22H26Cl2N2O4. The smallest absolute Gasteiger partial charge is 0.261 e. The van der Waals surface area contributed by atoms with Crippen LogP contribution in [0.15, 0.2) is 42.5 Å². The van der Waals surface area contributed by atoms with E-state index in [4.69, 9.17) is 37.4 Å². The van der Waals surface area contributed by atoms with Gasteiger partial charge in [-0.1, -0.05) is 41.4 Å². The van der Waals surface area contributed by atoms with Gasteiger partial charge in [0.25, 0.3) is 5.91 Å². The molecule has 6 nitrogen and oxygen atoms in total. The van der Waals surface area contributed by atoms with Crippen molar-refractivity contribution >= 4 is 29.1 Å². The van der Waals surface area contributed by atoms with Crippen molar-refractivity contribution in [3.8, 4) is 11.5 Å². The highest BCUT2D eigenvalue weighted by Gasteiger charge is 2.17. The standard InChI is InChI=1S/C22H26Cl2N2O4/c1-16(30-20-7-3-6-19(23)21(20)24)22(27)25-15-17-4-2-5-18(14-17)29-13-10-26-8-11-28-12-9-26/h2-7,14,16H,8-13,15H2,1H3,(H,25,27). The van der Waals surface area contributed by atoms with E-state index in [0.717, 1.165) is 44.2 Å². The van der Waals surface area contributed by atoms with E-state index in [1.165, 1.54) is 0 Å². The van der Waals surface area contributed by atoms with Gasteiger partial charge in [-0.2, -0.15) is 0 Å². The monoisotopic (exact) mass is 452 g/mol. The van der Waals surface area contributed by atoms with Gasteiger partial charge in [0.15, 0.2) is 6.10 Å². The zero-order chi connectivity index (χ0) is 21.3. The Bertz CT molecular complexity index is 844. The van der Waals surface area contributed by atoms with E-state index >= 15 is 0 Å². The molecule has 1 unspecified atom stereocenters. The van der Waals surface area contributed by atoms with E-state index < -0.39 is 6.10 Å². The molecule has 162 valence electrons. The van der Waals surface area contributed by atoms with Crippen molar-refractivity contribution in [3.63, 3.8) is 0 Å². The van der Waals surface area contributed by atoms with Crippen LogP contribution in [0.25, 0.3) is 0 Å². The Hall–Kier alpha value is -1.99. The van der Waals surface area contributed by atoms with Crippen molar-refractivity contribution < 1.29 is 19.0 Å². The van der Waals surface area contributed by atoms with Gasteiger partial charge < -0.3 is 19.5 Å². The molecule has 0 aliphatic carbocycles. The van der Waals surface area contributed by atoms with Crippen LogP contribution < -0.4 is 14.8 Å². The fourth-order valence-corrected chi connectivity index (χ4v) is 3.35. The first-order valence-corrected chi connectivity index (χ1v) is 10.7. The number of amides is 1. The first kappa shape index (κ1) is 22.7. The number of rotatable bonds is 9. The summed E-state index contributed by atoms with van der Waals surface area (Å²) < 4.78 is 16.9. The molecular weight excluding hydrogens is 427 g/mol. The maximum Gasteiger partial charge on any atom is 0.261 e. The summed E-state index contributed by atoms with van der Waals surface area (Å²) in [5.41, 5.74) is 0.945. The summed E-state index contributed by atoms with van der Waals surface area (Å²) in [6.45, 7) is 6.95. The lowest BCUT2D eigenvalue weighted by Gasteiger charge is -2.26. The summed E-state index contributed by atoms with van der Waals surface area (Å²) >= 11 is 12.1. The van der Waals surface area contributed by atoms with Gasteiger partial charge in [-0.05, 0) is 36.8 Å². The molecule has 1 amide bonds. The minimum atomic E-state index is -0.714. The number of benzene rings is 2. The van der Waals surface area contributed by atoms with Crippen molar-refractivity contribution in [1.29, 1.82) is 0 Å². The molecule has 1 fully saturated rings. The van der Waals surface area contributed by atoms with E-state index in [-0.39, 0.29) is 5.91 Å². The number of carbonyl (C=O) groups is 1. The number of ether oxygens (including phenoxy) is 3. The molecule has 3 rings (SSSR count). The summed E-state index contributed by atoms with van der Waals surface area (Å²) in [6, 6.07) is 12.8. The van der Waals surface area contributed by atoms with Crippen LogP contribution in [-0.4, -0.2) is 56.4 Å². The zero-order valence-electron chi connectivity index (χ0n) is 16.9. The van der Waals surface area contributed by atoms with E-state index in [9.17, 15) is 4.79 Å². The fraction of sp³-hybridized carbons (Fsp3) is 0.409. The second-order valence-corrected chi connectivity index (χ2v) is 7.76.